The molecule has 0 aromatic heterocycles. The molecule has 0 aliphatic heterocycles. The summed E-state index contributed by atoms with van der Waals surface area (Å²) >= 11 is 0. The summed E-state index contributed by atoms with van der Waals surface area (Å²) < 4.78 is 26.8. The van der Waals surface area contributed by atoms with Gasteiger partial charge in [-0.25, -0.2) is 8.78 Å². The highest BCUT2D eigenvalue weighted by Crippen LogP contribution is 2.38. The predicted octanol–water partition coefficient (Wildman–Crippen LogP) is 2.57. The molecular weight excluding hydrogens is 196 g/mol. The van der Waals surface area contributed by atoms with Crippen molar-refractivity contribution in [2.24, 2.45) is 0 Å². The highest BCUT2D eigenvalue weighted by molar-refractivity contribution is 5.28. The first-order valence-electron chi connectivity index (χ1n) is 5.20. The molecule has 3 heteroatoms. The maximum Gasteiger partial charge on any atom is 0.126 e. The van der Waals surface area contributed by atoms with Crippen LogP contribution in [-0.4, -0.2) is 12.6 Å². The molecule has 0 saturated heterocycles. The lowest BCUT2D eigenvalue weighted by Crippen LogP contribution is -2.30. The van der Waals surface area contributed by atoms with Crippen LogP contribution < -0.4 is 5.32 Å². The van der Waals surface area contributed by atoms with Crippen LogP contribution in [0.4, 0.5) is 8.78 Å². The van der Waals surface area contributed by atoms with Gasteiger partial charge in [0.2, 0.25) is 0 Å². The van der Waals surface area contributed by atoms with Gasteiger partial charge in [0.15, 0.2) is 0 Å². The Bertz CT molecular complexity index is 383. The molecule has 1 fully saturated rings. The van der Waals surface area contributed by atoms with Gasteiger partial charge < -0.3 is 5.32 Å². The number of likely N-dealkylation sites (N-methyl/N-ethyl adjacent to an activating group) is 1. The summed E-state index contributed by atoms with van der Waals surface area (Å²) in [5, 5.41) is 3.17. The lowest BCUT2D eigenvalue weighted by molar-refractivity contribution is 0.516. The second-order valence-electron chi connectivity index (χ2n) is 4.40. The monoisotopic (exact) mass is 211 g/mol. The smallest absolute Gasteiger partial charge is 0.126 e. The number of nitrogens with one attached hydrogen (secondary N) is 1. The summed E-state index contributed by atoms with van der Waals surface area (Å²) in [5.41, 5.74) is 0.859. The number of benzene rings is 1. The van der Waals surface area contributed by atoms with Gasteiger partial charge >= 0.3 is 0 Å². The van der Waals surface area contributed by atoms with Crippen LogP contribution in [0.1, 0.15) is 24.0 Å². The zero-order valence-electron chi connectivity index (χ0n) is 9.03. The minimum Gasteiger partial charge on any atom is -0.314 e. The summed E-state index contributed by atoms with van der Waals surface area (Å²) in [6.45, 7) is 1.58. The predicted molar refractivity (Wildman–Crippen MR) is 55.8 cm³/mol. The van der Waals surface area contributed by atoms with E-state index < -0.39 is 0 Å². The van der Waals surface area contributed by atoms with Crippen molar-refractivity contribution in [3.05, 3.63) is 34.9 Å². The Morgan fingerprint density at radius 2 is 1.93 bits per heavy atom. The fraction of sp³-hybridized carbons (Fsp3) is 0.500. The molecule has 1 aliphatic carbocycles. The van der Waals surface area contributed by atoms with Gasteiger partial charge in [-0.2, -0.15) is 0 Å². The van der Waals surface area contributed by atoms with Crippen LogP contribution in [0.15, 0.2) is 12.1 Å². The quantitative estimate of drug-likeness (QED) is 0.810. The van der Waals surface area contributed by atoms with Gasteiger partial charge in [-0.3, -0.25) is 0 Å². The third kappa shape index (κ3) is 2.02. The van der Waals surface area contributed by atoms with Gasteiger partial charge in [0, 0.05) is 5.54 Å². The van der Waals surface area contributed by atoms with Crippen molar-refractivity contribution in [3.63, 3.8) is 0 Å². The fourth-order valence-corrected chi connectivity index (χ4v) is 1.85. The number of halogens is 2. The van der Waals surface area contributed by atoms with Crippen LogP contribution in [0.2, 0.25) is 0 Å². The molecule has 0 spiro atoms. The summed E-state index contributed by atoms with van der Waals surface area (Å²) in [4.78, 5) is 0. The van der Waals surface area contributed by atoms with Gasteiger partial charge in [-0.1, -0.05) is 0 Å². The van der Waals surface area contributed by atoms with Crippen molar-refractivity contribution in [1.82, 2.24) is 5.32 Å². The van der Waals surface area contributed by atoms with Crippen LogP contribution in [0.25, 0.3) is 0 Å². The zero-order chi connectivity index (χ0) is 11.1. The molecule has 0 bridgehead atoms. The van der Waals surface area contributed by atoms with Crippen molar-refractivity contribution >= 4 is 0 Å². The molecule has 0 amide bonds. The number of rotatable bonds is 3. The zero-order valence-corrected chi connectivity index (χ0v) is 9.03. The van der Waals surface area contributed by atoms with Crippen molar-refractivity contribution < 1.29 is 8.78 Å². The molecule has 1 N–H and O–H groups in total. The minimum atomic E-state index is -0.321. The standard InChI is InChI=1S/C12H15F2N/c1-8-5-11(14)9(6-10(8)13)7-12(15-2)3-4-12/h5-6,15H,3-4,7H2,1-2H3. The topological polar surface area (TPSA) is 12.0 Å². The molecule has 1 saturated carbocycles. The summed E-state index contributed by atoms with van der Waals surface area (Å²) in [6.07, 6.45) is 2.66. The lowest BCUT2D eigenvalue weighted by Gasteiger charge is -2.14. The van der Waals surface area contributed by atoms with Gasteiger partial charge in [0.25, 0.3) is 0 Å². The molecular formula is C12H15F2N. The first-order chi connectivity index (χ1) is 7.06. The average Bonchev–Trinajstić information content (AvgIpc) is 2.95. The summed E-state index contributed by atoms with van der Waals surface area (Å²) in [5.74, 6) is -0.617. The van der Waals surface area contributed by atoms with Crippen molar-refractivity contribution in [3.8, 4) is 0 Å². The van der Waals surface area contributed by atoms with Crippen LogP contribution in [-0.2, 0) is 6.42 Å². The van der Waals surface area contributed by atoms with Crippen molar-refractivity contribution in [1.29, 1.82) is 0 Å². The highest BCUT2D eigenvalue weighted by Gasteiger charge is 2.41. The minimum absolute atomic E-state index is 0.0164. The molecule has 0 unspecified atom stereocenters. The SMILES string of the molecule is CNC1(Cc2cc(F)c(C)cc2F)CC1. The largest absolute Gasteiger partial charge is 0.314 e. The van der Waals surface area contributed by atoms with E-state index in [1.165, 1.54) is 12.1 Å². The first-order valence-corrected chi connectivity index (χ1v) is 5.20. The van der Waals surface area contributed by atoms with E-state index in [4.69, 9.17) is 0 Å². The van der Waals surface area contributed by atoms with E-state index in [9.17, 15) is 8.78 Å². The Morgan fingerprint density at radius 3 is 2.47 bits per heavy atom. The number of hydrogen-bond acceptors (Lipinski definition) is 1. The maximum absolute atomic E-state index is 13.5. The van der Waals surface area contributed by atoms with Crippen LogP contribution in [0.3, 0.4) is 0 Å². The van der Waals surface area contributed by atoms with E-state index in [0.717, 1.165) is 12.8 Å². The summed E-state index contributed by atoms with van der Waals surface area (Å²) in [7, 11) is 1.87. The van der Waals surface area contributed by atoms with E-state index in [2.05, 4.69) is 5.32 Å². The lowest BCUT2D eigenvalue weighted by atomic mass is 10.0. The third-order valence-corrected chi connectivity index (χ3v) is 3.24. The fourth-order valence-electron chi connectivity index (χ4n) is 1.85. The molecule has 0 atom stereocenters. The highest BCUT2D eigenvalue weighted by atomic mass is 19.1. The van der Waals surface area contributed by atoms with E-state index in [-0.39, 0.29) is 17.2 Å². The van der Waals surface area contributed by atoms with Crippen LogP contribution >= 0.6 is 0 Å². The third-order valence-electron chi connectivity index (χ3n) is 3.24. The molecule has 1 nitrogen and oxygen atoms in total. The number of aryl methyl sites for hydroxylation is 1. The molecule has 2 rings (SSSR count). The molecule has 0 radical (unpaired) electrons. The van der Waals surface area contributed by atoms with Crippen LogP contribution in [0, 0.1) is 18.6 Å². The molecule has 0 heterocycles. The van der Waals surface area contributed by atoms with Gasteiger partial charge in [-0.05, 0) is 56.5 Å². The molecule has 1 aromatic rings. The average molecular weight is 211 g/mol. The molecule has 1 aliphatic rings. The normalized spacial score (nSPS) is 17.9. The summed E-state index contributed by atoms with van der Waals surface area (Å²) in [6, 6.07) is 2.60. The van der Waals surface area contributed by atoms with E-state index in [0.29, 0.717) is 17.5 Å². The van der Waals surface area contributed by atoms with E-state index >= 15 is 0 Å². The van der Waals surface area contributed by atoms with E-state index in [1.807, 2.05) is 7.05 Å². The van der Waals surface area contributed by atoms with Gasteiger partial charge in [-0.15, -0.1) is 0 Å². The van der Waals surface area contributed by atoms with Crippen molar-refractivity contribution in [2.45, 2.75) is 31.7 Å². The van der Waals surface area contributed by atoms with Crippen LogP contribution in [0.5, 0.6) is 0 Å². The maximum atomic E-state index is 13.5. The first kappa shape index (κ1) is 10.6. The van der Waals surface area contributed by atoms with Gasteiger partial charge in [0.1, 0.15) is 11.6 Å². The second-order valence-corrected chi connectivity index (χ2v) is 4.40. The second kappa shape index (κ2) is 3.56. The van der Waals surface area contributed by atoms with E-state index in [1.54, 1.807) is 6.92 Å². The Kier molecular flexibility index (Phi) is 2.51. The number of hydrogen-bond donors (Lipinski definition) is 1. The van der Waals surface area contributed by atoms with Crippen molar-refractivity contribution in [2.75, 3.05) is 7.05 Å². The molecule has 82 valence electrons. The molecule has 1 aromatic carbocycles. The Morgan fingerprint density at radius 1 is 1.27 bits per heavy atom. The Balaban J connectivity index is 2.25. The Hall–Kier alpha value is -0.960. The Labute approximate surface area is 88.5 Å². The van der Waals surface area contributed by atoms with Gasteiger partial charge in [0.05, 0.1) is 0 Å². The molecule has 15 heavy (non-hydrogen) atoms.